The van der Waals surface area contributed by atoms with Gasteiger partial charge in [0.1, 0.15) is 11.5 Å². The second kappa shape index (κ2) is 7.56. The van der Waals surface area contributed by atoms with Crippen LogP contribution in [0.5, 0.6) is 11.5 Å². The molecule has 2 N–H and O–H groups in total. The van der Waals surface area contributed by atoms with E-state index in [9.17, 15) is 4.79 Å². The second-order valence-corrected chi connectivity index (χ2v) is 4.94. The van der Waals surface area contributed by atoms with Crippen LogP contribution in [-0.2, 0) is 6.54 Å². The molecule has 0 bridgehead atoms. The van der Waals surface area contributed by atoms with Gasteiger partial charge in [0.05, 0.1) is 19.9 Å². The quantitative estimate of drug-likeness (QED) is 0.883. The Kier molecular flexibility index (Phi) is 5.49. The number of benzene rings is 2. The normalized spacial score (nSPS) is 9.95. The Morgan fingerprint density at radius 3 is 2.45 bits per heavy atom. The van der Waals surface area contributed by atoms with E-state index >= 15 is 0 Å². The number of ether oxygens (including phenoxy) is 2. The molecular weight excluding hydrogens is 304 g/mol. The van der Waals surface area contributed by atoms with E-state index in [1.54, 1.807) is 37.4 Å². The van der Waals surface area contributed by atoms with Gasteiger partial charge in [0.2, 0.25) is 0 Å². The lowest BCUT2D eigenvalue weighted by Gasteiger charge is -2.12. The number of carbonyl (C=O) groups is 1. The average molecular weight is 321 g/mol. The van der Waals surface area contributed by atoms with Crippen molar-refractivity contribution >= 4 is 23.3 Å². The van der Waals surface area contributed by atoms with Crippen molar-refractivity contribution in [1.29, 1.82) is 0 Å². The molecule has 0 fully saturated rings. The van der Waals surface area contributed by atoms with Crippen LogP contribution in [0, 0.1) is 0 Å². The predicted octanol–water partition coefficient (Wildman–Crippen LogP) is 3.68. The summed E-state index contributed by atoms with van der Waals surface area (Å²) in [5.74, 6) is 1.19. The molecule has 0 radical (unpaired) electrons. The Balaban J connectivity index is 1.95. The molecule has 0 aromatic heterocycles. The van der Waals surface area contributed by atoms with Crippen molar-refractivity contribution in [3.8, 4) is 11.5 Å². The van der Waals surface area contributed by atoms with Gasteiger partial charge >= 0.3 is 6.03 Å². The topological polar surface area (TPSA) is 59.6 Å². The van der Waals surface area contributed by atoms with Gasteiger partial charge in [-0.25, -0.2) is 4.79 Å². The highest BCUT2D eigenvalue weighted by Crippen LogP contribution is 2.28. The lowest BCUT2D eigenvalue weighted by molar-refractivity contribution is 0.251. The van der Waals surface area contributed by atoms with Gasteiger partial charge in [-0.05, 0) is 29.8 Å². The first-order valence-electron chi connectivity index (χ1n) is 6.63. The zero-order chi connectivity index (χ0) is 15.9. The first-order valence-corrected chi connectivity index (χ1v) is 7.01. The van der Waals surface area contributed by atoms with Crippen LogP contribution < -0.4 is 20.1 Å². The molecule has 0 heterocycles. The number of urea groups is 1. The first kappa shape index (κ1) is 16.0. The molecule has 0 saturated carbocycles. The van der Waals surface area contributed by atoms with Crippen molar-refractivity contribution in [3.05, 3.63) is 53.1 Å². The molecule has 6 heteroatoms. The highest BCUT2D eigenvalue weighted by atomic mass is 35.5. The van der Waals surface area contributed by atoms with Crippen LogP contribution in [0.1, 0.15) is 5.56 Å². The third-order valence-electron chi connectivity index (χ3n) is 3.02. The van der Waals surface area contributed by atoms with Gasteiger partial charge in [-0.2, -0.15) is 0 Å². The summed E-state index contributed by atoms with van der Waals surface area (Å²) < 4.78 is 10.3. The van der Waals surface area contributed by atoms with Gasteiger partial charge in [-0.1, -0.05) is 23.7 Å². The van der Waals surface area contributed by atoms with Crippen molar-refractivity contribution in [2.75, 3.05) is 19.5 Å². The summed E-state index contributed by atoms with van der Waals surface area (Å²) >= 11 is 5.82. The summed E-state index contributed by atoms with van der Waals surface area (Å²) in [5.41, 5.74) is 1.53. The molecule has 0 aliphatic carbocycles. The van der Waals surface area contributed by atoms with Crippen molar-refractivity contribution in [3.63, 3.8) is 0 Å². The summed E-state index contributed by atoms with van der Waals surface area (Å²) in [6, 6.07) is 12.1. The van der Waals surface area contributed by atoms with E-state index in [-0.39, 0.29) is 6.03 Å². The van der Waals surface area contributed by atoms with E-state index in [0.29, 0.717) is 28.8 Å². The highest BCUT2D eigenvalue weighted by molar-refractivity contribution is 6.30. The number of anilines is 1. The van der Waals surface area contributed by atoms with Crippen molar-refractivity contribution in [1.82, 2.24) is 5.32 Å². The smallest absolute Gasteiger partial charge is 0.319 e. The highest BCUT2D eigenvalue weighted by Gasteiger charge is 2.08. The zero-order valence-corrected chi connectivity index (χ0v) is 13.1. The molecule has 116 valence electrons. The Bertz CT molecular complexity index is 644. The third-order valence-corrected chi connectivity index (χ3v) is 3.28. The fraction of sp³-hybridized carbons (Fsp3) is 0.188. The maximum atomic E-state index is 11.9. The molecule has 0 atom stereocenters. The van der Waals surface area contributed by atoms with E-state index in [4.69, 9.17) is 21.1 Å². The van der Waals surface area contributed by atoms with E-state index in [0.717, 1.165) is 5.56 Å². The molecule has 2 rings (SSSR count). The molecule has 22 heavy (non-hydrogen) atoms. The van der Waals surface area contributed by atoms with Crippen LogP contribution in [0.2, 0.25) is 5.02 Å². The predicted molar refractivity (Wildman–Crippen MR) is 86.9 cm³/mol. The summed E-state index contributed by atoms with van der Waals surface area (Å²) in [5, 5.41) is 6.17. The van der Waals surface area contributed by atoms with Crippen LogP contribution >= 0.6 is 11.6 Å². The Labute approximate surface area is 134 Å². The molecule has 0 spiro atoms. The molecule has 0 saturated heterocycles. The Morgan fingerprint density at radius 2 is 1.82 bits per heavy atom. The van der Waals surface area contributed by atoms with E-state index < -0.39 is 0 Å². The zero-order valence-electron chi connectivity index (χ0n) is 12.4. The summed E-state index contributed by atoms with van der Waals surface area (Å²) in [7, 11) is 3.10. The number of rotatable bonds is 5. The Morgan fingerprint density at radius 1 is 1.09 bits per heavy atom. The lowest BCUT2D eigenvalue weighted by Crippen LogP contribution is -2.28. The number of nitrogens with one attached hydrogen (secondary N) is 2. The summed E-state index contributed by atoms with van der Waals surface area (Å²) in [6.07, 6.45) is 0. The number of carbonyl (C=O) groups excluding carboxylic acids is 1. The van der Waals surface area contributed by atoms with Crippen molar-refractivity contribution < 1.29 is 14.3 Å². The monoisotopic (exact) mass is 320 g/mol. The van der Waals surface area contributed by atoms with Crippen LogP contribution in [0.3, 0.4) is 0 Å². The largest absolute Gasteiger partial charge is 0.497 e. The Hall–Kier alpha value is -2.40. The van der Waals surface area contributed by atoms with Crippen LogP contribution in [0.4, 0.5) is 10.5 Å². The van der Waals surface area contributed by atoms with Crippen molar-refractivity contribution in [2.24, 2.45) is 0 Å². The molecular formula is C16H17ClN2O3. The summed E-state index contributed by atoms with van der Waals surface area (Å²) in [4.78, 5) is 11.9. The third kappa shape index (κ3) is 4.30. The van der Waals surface area contributed by atoms with Crippen LogP contribution in [0.15, 0.2) is 42.5 Å². The van der Waals surface area contributed by atoms with E-state index in [1.165, 1.54) is 7.11 Å². The lowest BCUT2D eigenvalue weighted by atomic mass is 10.2. The first-order chi connectivity index (χ1) is 10.6. The molecule has 0 unspecified atom stereocenters. The fourth-order valence-electron chi connectivity index (χ4n) is 1.85. The standard InChI is InChI=1S/C16H17ClN2O3/c1-21-13-7-8-14(15(9-13)22-2)19-16(20)18-10-11-3-5-12(17)6-4-11/h3-9H,10H2,1-2H3,(H2,18,19,20). The van der Waals surface area contributed by atoms with Gasteiger partial charge in [-0.3, -0.25) is 0 Å². The van der Waals surface area contributed by atoms with Crippen LogP contribution in [-0.4, -0.2) is 20.3 Å². The number of hydrogen-bond donors (Lipinski definition) is 2. The number of amides is 2. The minimum atomic E-state index is -0.321. The second-order valence-electron chi connectivity index (χ2n) is 4.50. The van der Waals surface area contributed by atoms with Gasteiger partial charge in [0.25, 0.3) is 0 Å². The maximum absolute atomic E-state index is 11.9. The van der Waals surface area contributed by atoms with Gasteiger partial charge in [-0.15, -0.1) is 0 Å². The number of hydrogen-bond acceptors (Lipinski definition) is 3. The molecule has 0 aliphatic rings. The number of halogens is 1. The molecule has 2 aromatic carbocycles. The average Bonchev–Trinajstić information content (AvgIpc) is 2.54. The van der Waals surface area contributed by atoms with E-state index in [2.05, 4.69) is 10.6 Å². The fourth-order valence-corrected chi connectivity index (χ4v) is 1.98. The van der Waals surface area contributed by atoms with E-state index in [1.807, 2.05) is 12.1 Å². The van der Waals surface area contributed by atoms with Gasteiger partial charge in [0, 0.05) is 17.6 Å². The molecule has 5 nitrogen and oxygen atoms in total. The number of methoxy groups -OCH3 is 2. The maximum Gasteiger partial charge on any atom is 0.319 e. The summed E-state index contributed by atoms with van der Waals surface area (Å²) in [6.45, 7) is 0.404. The molecule has 2 amide bonds. The SMILES string of the molecule is COc1ccc(NC(=O)NCc2ccc(Cl)cc2)c(OC)c1. The van der Waals surface area contributed by atoms with Crippen LogP contribution in [0.25, 0.3) is 0 Å². The minimum absolute atomic E-state index is 0.321. The minimum Gasteiger partial charge on any atom is -0.497 e. The van der Waals surface area contributed by atoms with Crippen molar-refractivity contribution in [2.45, 2.75) is 6.54 Å². The molecule has 0 aliphatic heterocycles. The van der Waals surface area contributed by atoms with Gasteiger partial charge < -0.3 is 20.1 Å². The van der Waals surface area contributed by atoms with Gasteiger partial charge in [0.15, 0.2) is 0 Å². The molecule has 2 aromatic rings.